The molecule has 0 aliphatic heterocycles. The molecule has 0 aliphatic carbocycles. The Morgan fingerprint density at radius 3 is 2.25 bits per heavy atom. The van der Waals surface area contributed by atoms with E-state index < -0.39 is 9.84 Å². The molecule has 3 nitrogen and oxygen atoms in total. The van der Waals surface area contributed by atoms with E-state index in [2.05, 4.69) is 26.1 Å². The van der Waals surface area contributed by atoms with Crippen LogP contribution in [0.3, 0.4) is 0 Å². The number of rotatable bonds is 9. The van der Waals surface area contributed by atoms with Crippen molar-refractivity contribution in [2.75, 3.05) is 18.6 Å². The maximum atomic E-state index is 11.9. The van der Waals surface area contributed by atoms with E-state index in [-0.39, 0.29) is 11.8 Å². The van der Waals surface area contributed by atoms with Gasteiger partial charge in [0.25, 0.3) is 0 Å². The van der Waals surface area contributed by atoms with Gasteiger partial charge in [0.15, 0.2) is 9.84 Å². The molecule has 0 fully saturated rings. The monoisotopic (exact) mass is 249 g/mol. The van der Waals surface area contributed by atoms with E-state index in [9.17, 15) is 8.42 Å². The molecule has 98 valence electrons. The van der Waals surface area contributed by atoms with Crippen LogP contribution in [0.25, 0.3) is 0 Å². The maximum absolute atomic E-state index is 11.9. The zero-order valence-electron chi connectivity index (χ0n) is 11.1. The summed E-state index contributed by atoms with van der Waals surface area (Å²) < 4.78 is 23.7. The van der Waals surface area contributed by atoms with Crippen LogP contribution in [0.1, 0.15) is 46.5 Å². The Bertz CT molecular complexity index is 262. The van der Waals surface area contributed by atoms with E-state index in [4.69, 9.17) is 0 Å². The highest BCUT2D eigenvalue weighted by Gasteiger charge is 2.21. The van der Waals surface area contributed by atoms with Gasteiger partial charge in [-0.2, -0.15) is 0 Å². The molecule has 0 saturated heterocycles. The third-order valence-electron chi connectivity index (χ3n) is 3.19. The van der Waals surface area contributed by atoms with Gasteiger partial charge in [0, 0.05) is 6.04 Å². The molecule has 0 rings (SSSR count). The molecule has 2 atom stereocenters. The molecule has 0 aromatic rings. The second-order valence-corrected chi connectivity index (χ2v) is 6.83. The van der Waals surface area contributed by atoms with Gasteiger partial charge < -0.3 is 5.32 Å². The fourth-order valence-corrected chi connectivity index (χ4v) is 3.60. The Balaban J connectivity index is 4.21. The van der Waals surface area contributed by atoms with Crippen LogP contribution in [0.15, 0.2) is 0 Å². The summed E-state index contributed by atoms with van der Waals surface area (Å²) in [6, 6.07) is 0.0941. The minimum absolute atomic E-state index is 0.0941. The van der Waals surface area contributed by atoms with Crippen molar-refractivity contribution in [2.45, 2.75) is 52.5 Å². The van der Waals surface area contributed by atoms with Crippen LogP contribution in [0.4, 0.5) is 0 Å². The summed E-state index contributed by atoms with van der Waals surface area (Å²) in [5, 5.41) is 3.12. The summed E-state index contributed by atoms with van der Waals surface area (Å²) in [6.45, 7) is 6.28. The lowest BCUT2D eigenvalue weighted by Gasteiger charge is -2.22. The van der Waals surface area contributed by atoms with Gasteiger partial charge in [-0.15, -0.1) is 0 Å². The molecule has 2 unspecified atom stereocenters. The minimum atomic E-state index is -2.88. The molecule has 4 heteroatoms. The first-order valence-electron chi connectivity index (χ1n) is 6.34. The normalized spacial score (nSPS) is 16.0. The molecule has 0 aromatic heterocycles. The van der Waals surface area contributed by atoms with Crippen LogP contribution < -0.4 is 5.32 Å². The maximum Gasteiger partial charge on any atom is 0.151 e. The fraction of sp³-hybridized carbons (Fsp3) is 1.00. The fourth-order valence-electron chi connectivity index (χ4n) is 1.75. The molecule has 0 radical (unpaired) electrons. The van der Waals surface area contributed by atoms with Crippen molar-refractivity contribution in [1.82, 2.24) is 5.32 Å². The summed E-state index contributed by atoms with van der Waals surface area (Å²) in [5.41, 5.74) is 0. The first kappa shape index (κ1) is 15.9. The van der Waals surface area contributed by atoms with Crippen LogP contribution >= 0.6 is 0 Å². The number of hydrogen-bond donors (Lipinski definition) is 1. The van der Waals surface area contributed by atoms with Gasteiger partial charge in [0.05, 0.1) is 11.5 Å². The largest absolute Gasteiger partial charge is 0.316 e. The molecule has 0 aliphatic rings. The Kier molecular flexibility index (Phi) is 8.02. The molecule has 0 spiro atoms. The lowest BCUT2D eigenvalue weighted by atomic mass is 10.0. The van der Waals surface area contributed by atoms with Crippen molar-refractivity contribution in [2.24, 2.45) is 5.92 Å². The predicted octanol–water partition coefficient (Wildman–Crippen LogP) is 2.23. The highest BCUT2D eigenvalue weighted by molar-refractivity contribution is 7.91. The topological polar surface area (TPSA) is 46.2 Å². The summed E-state index contributed by atoms with van der Waals surface area (Å²) >= 11 is 0. The summed E-state index contributed by atoms with van der Waals surface area (Å²) in [4.78, 5) is 0. The quantitative estimate of drug-likeness (QED) is 0.637. The molecular formula is C12H27NO2S. The van der Waals surface area contributed by atoms with E-state index >= 15 is 0 Å². The summed E-state index contributed by atoms with van der Waals surface area (Å²) in [7, 11) is -1.04. The van der Waals surface area contributed by atoms with Gasteiger partial charge in [-0.05, 0) is 19.4 Å². The number of sulfone groups is 1. The Hall–Kier alpha value is -0.0900. The van der Waals surface area contributed by atoms with E-state index in [1.807, 2.05) is 7.05 Å². The highest BCUT2D eigenvalue weighted by Crippen LogP contribution is 2.11. The predicted molar refractivity (Wildman–Crippen MR) is 70.5 cm³/mol. The van der Waals surface area contributed by atoms with Gasteiger partial charge in [-0.25, -0.2) is 8.42 Å². The van der Waals surface area contributed by atoms with Crippen LogP contribution in [0.2, 0.25) is 0 Å². The lowest BCUT2D eigenvalue weighted by Crippen LogP contribution is -2.39. The van der Waals surface area contributed by atoms with E-state index in [1.54, 1.807) is 0 Å². The molecule has 0 saturated carbocycles. The SMILES string of the molecule is CCCCCS(=O)(=O)CC(NC)C(C)CC. The second kappa shape index (κ2) is 8.07. The van der Waals surface area contributed by atoms with Gasteiger partial charge in [-0.3, -0.25) is 0 Å². The van der Waals surface area contributed by atoms with E-state index in [1.165, 1.54) is 0 Å². The van der Waals surface area contributed by atoms with Gasteiger partial charge in [0.1, 0.15) is 0 Å². The first-order valence-corrected chi connectivity index (χ1v) is 8.16. The zero-order valence-corrected chi connectivity index (χ0v) is 11.9. The molecule has 0 heterocycles. The average Bonchev–Trinajstić information content (AvgIpc) is 2.25. The van der Waals surface area contributed by atoms with Crippen molar-refractivity contribution in [3.8, 4) is 0 Å². The molecule has 16 heavy (non-hydrogen) atoms. The molecule has 0 bridgehead atoms. The van der Waals surface area contributed by atoms with E-state index in [0.717, 1.165) is 25.7 Å². The lowest BCUT2D eigenvalue weighted by molar-refractivity contribution is 0.413. The Morgan fingerprint density at radius 2 is 1.81 bits per heavy atom. The number of nitrogens with one attached hydrogen (secondary N) is 1. The van der Waals surface area contributed by atoms with Crippen LogP contribution in [0, 0.1) is 5.92 Å². The van der Waals surface area contributed by atoms with E-state index in [0.29, 0.717) is 11.7 Å². The van der Waals surface area contributed by atoms with Crippen molar-refractivity contribution in [1.29, 1.82) is 0 Å². The zero-order chi connectivity index (χ0) is 12.6. The minimum Gasteiger partial charge on any atom is -0.316 e. The number of unbranched alkanes of at least 4 members (excludes halogenated alkanes) is 2. The smallest absolute Gasteiger partial charge is 0.151 e. The van der Waals surface area contributed by atoms with Crippen molar-refractivity contribution < 1.29 is 8.42 Å². The van der Waals surface area contributed by atoms with Crippen LogP contribution in [-0.2, 0) is 9.84 Å². The number of hydrogen-bond acceptors (Lipinski definition) is 3. The van der Waals surface area contributed by atoms with Crippen molar-refractivity contribution in [3.05, 3.63) is 0 Å². The van der Waals surface area contributed by atoms with Gasteiger partial charge >= 0.3 is 0 Å². The Labute approximate surface area is 101 Å². The third kappa shape index (κ3) is 6.48. The molecular weight excluding hydrogens is 222 g/mol. The molecule has 0 aromatic carbocycles. The average molecular weight is 249 g/mol. The van der Waals surface area contributed by atoms with Gasteiger partial charge in [-0.1, -0.05) is 40.0 Å². The third-order valence-corrected chi connectivity index (χ3v) is 4.97. The van der Waals surface area contributed by atoms with Crippen LogP contribution in [0.5, 0.6) is 0 Å². The highest BCUT2D eigenvalue weighted by atomic mass is 32.2. The Morgan fingerprint density at radius 1 is 1.19 bits per heavy atom. The van der Waals surface area contributed by atoms with Gasteiger partial charge in [0.2, 0.25) is 0 Å². The summed E-state index contributed by atoms with van der Waals surface area (Å²) in [6.07, 6.45) is 3.88. The molecule has 1 N–H and O–H groups in total. The molecule has 0 amide bonds. The second-order valence-electron chi connectivity index (χ2n) is 4.60. The first-order chi connectivity index (χ1) is 7.46. The van der Waals surface area contributed by atoms with Crippen molar-refractivity contribution >= 4 is 9.84 Å². The van der Waals surface area contributed by atoms with Crippen molar-refractivity contribution in [3.63, 3.8) is 0 Å². The summed E-state index contributed by atoms with van der Waals surface area (Å²) in [5.74, 6) is 1.03. The van der Waals surface area contributed by atoms with Crippen LogP contribution in [-0.4, -0.2) is 33.0 Å². The standard InChI is InChI=1S/C12H27NO2S/c1-5-7-8-9-16(14,15)10-12(13-4)11(3)6-2/h11-13H,5-10H2,1-4H3.